The molecule has 1 aromatic carbocycles. The number of hydrogen-bond acceptors (Lipinski definition) is 3. The van der Waals surface area contributed by atoms with E-state index < -0.39 is 0 Å². The summed E-state index contributed by atoms with van der Waals surface area (Å²) < 4.78 is 5.91. The molecule has 0 unspecified atom stereocenters. The predicted octanol–water partition coefficient (Wildman–Crippen LogP) is 3.34. The summed E-state index contributed by atoms with van der Waals surface area (Å²) in [6.07, 6.45) is 0.950. The fourth-order valence-corrected chi connectivity index (χ4v) is 2.16. The number of rotatable bonds is 4. The lowest BCUT2D eigenvalue weighted by Gasteiger charge is -2.13. The largest absolute Gasteiger partial charge is 0.456 e. The number of nitrogens with zero attached hydrogens (tertiary/aromatic N) is 1. The van der Waals surface area contributed by atoms with Crippen LogP contribution in [-0.4, -0.2) is 10.8 Å². The summed E-state index contributed by atoms with van der Waals surface area (Å²) in [4.78, 5) is 4.33. The van der Waals surface area contributed by atoms with Crippen LogP contribution in [0, 0.1) is 19.3 Å². The maximum atomic E-state index is 7.69. The Bertz CT molecular complexity index is 650. The van der Waals surface area contributed by atoms with Crippen LogP contribution in [0.3, 0.4) is 0 Å². The van der Waals surface area contributed by atoms with E-state index in [4.69, 9.17) is 15.9 Å². The van der Waals surface area contributed by atoms with Crippen molar-refractivity contribution in [3.63, 3.8) is 0 Å². The van der Waals surface area contributed by atoms with E-state index in [-0.39, 0.29) is 5.84 Å². The van der Waals surface area contributed by atoms with Gasteiger partial charge in [-0.3, -0.25) is 10.4 Å². The van der Waals surface area contributed by atoms with E-state index in [1.807, 2.05) is 38.1 Å². The van der Waals surface area contributed by atoms with Crippen LogP contribution in [0.4, 0.5) is 0 Å². The van der Waals surface area contributed by atoms with E-state index in [0.717, 1.165) is 17.9 Å². The summed E-state index contributed by atoms with van der Waals surface area (Å²) in [5, 5.41) is 7.69. The quantitative estimate of drug-likeness (QED) is 0.660. The molecule has 20 heavy (non-hydrogen) atoms. The van der Waals surface area contributed by atoms with Crippen LogP contribution in [0.1, 0.15) is 29.4 Å². The van der Waals surface area contributed by atoms with Gasteiger partial charge in [-0.05, 0) is 38.0 Å². The molecule has 0 aliphatic rings. The van der Waals surface area contributed by atoms with Gasteiger partial charge in [-0.25, -0.2) is 0 Å². The Labute approximate surface area is 119 Å². The van der Waals surface area contributed by atoms with Crippen molar-refractivity contribution in [3.8, 4) is 11.5 Å². The SMILES string of the molecule is CCc1cccc(Oc2cc(C)nc(C)c2C(=N)N)c1. The maximum Gasteiger partial charge on any atom is 0.141 e. The number of ether oxygens (including phenoxy) is 1. The zero-order valence-corrected chi connectivity index (χ0v) is 12.0. The summed E-state index contributed by atoms with van der Waals surface area (Å²) in [5.74, 6) is 1.30. The first kappa shape index (κ1) is 14.1. The van der Waals surface area contributed by atoms with E-state index >= 15 is 0 Å². The third-order valence-electron chi connectivity index (χ3n) is 3.10. The normalized spacial score (nSPS) is 10.3. The average Bonchev–Trinajstić information content (AvgIpc) is 2.37. The number of aryl methyl sites for hydroxylation is 3. The van der Waals surface area contributed by atoms with Gasteiger partial charge in [-0.1, -0.05) is 19.1 Å². The van der Waals surface area contributed by atoms with Crippen LogP contribution < -0.4 is 10.5 Å². The number of pyridine rings is 1. The van der Waals surface area contributed by atoms with Crippen molar-refractivity contribution in [2.75, 3.05) is 0 Å². The van der Waals surface area contributed by atoms with Gasteiger partial charge in [0.15, 0.2) is 0 Å². The highest BCUT2D eigenvalue weighted by Gasteiger charge is 2.13. The van der Waals surface area contributed by atoms with Crippen LogP contribution in [0.5, 0.6) is 11.5 Å². The van der Waals surface area contributed by atoms with Gasteiger partial charge < -0.3 is 10.5 Å². The zero-order chi connectivity index (χ0) is 14.7. The number of aromatic nitrogens is 1. The second kappa shape index (κ2) is 5.74. The molecule has 0 aliphatic carbocycles. The molecule has 0 spiro atoms. The first-order valence-electron chi connectivity index (χ1n) is 6.60. The monoisotopic (exact) mass is 269 g/mol. The lowest BCUT2D eigenvalue weighted by Crippen LogP contribution is -2.15. The maximum absolute atomic E-state index is 7.69. The topological polar surface area (TPSA) is 72.0 Å². The second-order valence-electron chi connectivity index (χ2n) is 4.74. The smallest absolute Gasteiger partial charge is 0.141 e. The highest BCUT2D eigenvalue weighted by Crippen LogP contribution is 2.28. The van der Waals surface area contributed by atoms with Crippen molar-refractivity contribution >= 4 is 5.84 Å². The lowest BCUT2D eigenvalue weighted by molar-refractivity contribution is 0.479. The molecule has 4 nitrogen and oxygen atoms in total. The Hall–Kier alpha value is -2.36. The molecule has 0 saturated carbocycles. The molecule has 0 amide bonds. The molecular weight excluding hydrogens is 250 g/mol. The molecule has 3 N–H and O–H groups in total. The minimum Gasteiger partial charge on any atom is -0.456 e. The number of nitrogens with two attached hydrogens (primary N) is 1. The van der Waals surface area contributed by atoms with Gasteiger partial charge in [0.1, 0.15) is 17.3 Å². The number of nitrogens with one attached hydrogen (secondary N) is 1. The van der Waals surface area contributed by atoms with E-state index in [1.54, 1.807) is 0 Å². The minimum atomic E-state index is -0.0309. The van der Waals surface area contributed by atoms with E-state index in [0.29, 0.717) is 17.0 Å². The third kappa shape index (κ3) is 2.96. The van der Waals surface area contributed by atoms with Crippen molar-refractivity contribution in [2.24, 2.45) is 5.73 Å². The molecule has 4 heteroatoms. The number of benzene rings is 1. The Morgan fingerprint density at radius 2 is 2.05 bits per heavy atom. The fraction of sp³-hybridized carbons (Fsp3) is 0.250. The first-order chi connectivity index (χ1) is 9.51. The van der Waals surface area contributed by atoms with E-state index in [1.165, 1.54) is 5.56 Å². The van der Waals surface area contributed by atoms with Crippen molar-refractivity contribution in [2.45, 2.75) is 27.2 Å². The second-order valence-corrected chi connectivity index (χ2v) is 4.74. The van der Waals surface area contributed by atoms with Crippen LogP contribution in [0.2, 0.25) is 0 Å². The van der Waals surface area contributed by atoms with Gasteiger partial charge >= 0.3 is 0 Å². The summed E-state index contributed by atoms with van der Waals surface area (Å²) in [6, 6.07) is 9.72. The van der Waals surface area contributed by atoms with E-state index in [9.17, 15) is 0 Å². The van der Waals surface area contributed by atoms with Gasteiger partial charge in [-0.15, -0.1) is 0 Å². The third-order valence-corrected chi connectivity index (χ3v) is 3.10. The molecule has 0 bridgehead atoms. The Balaban J connectivity index is 2.44. The molecule has 2 aromatic rings. The lowest BCUT2D eigenvalue weighted by atomic mass is 10.1. The molecule has 2 rings (SSSR count). The van der Waals surface area contributed by atoms with Gasteiger partial charge in [0.05, 0.1) is 11.3 Å². The summed E-state index contributed by atoms with van der Waals surface area (Å²) in [5.41, 5.74) is 8.94. The van der Waals surface area contributed by atoms with Gasteiger partial charge in [0, 0.05) is 11.8 Å². The number of hydrogen-bond donors (Lipinski definition) is 2. The van der Waals surface area contributed by atoms with Gasteiger partial charge in [0.25, 0.3) is 0 Å². The molecule has 1 heterocycles. The molecule has 0 saturated heterocycles. The summed E-state index contributed by atoms with van der Waals surface area (Å²) >= 11 is 0. The predicted molar refractivity (Wildman–Crippen MR) is 80.6 cm³/mol. The van der Waals surface area contributed by atoms with Crippen LogP contribution in [0.25, 0.3) is 0 Å². The van der Waals surface area contributed by atoms with Crippen molar-refractivity contribution in [1.29, 1.82) is 5.41 Å². The molecule has 1 aromatic heterocycles. The van der Waals surface area contributed by atoms with E-state index in [2.05, 4.69) is 18.0 Å². The van der Waals surface area contributed by atoms with Crippen LogP contribution >= 0.6 is 0 Å². The highest BCUT2D eigenvalue weighted by atomic mass is 16.5. The summed E-state index contributed by atoms with van der Waals surface area (Å²) in [6.45, 7) is 5.83. The van der Waals surface area contributed by atoms with Crippen LogP contribution in [0.15, 0.2) is 30.3 Å². The average molecular weight is 269 g/mol. The summed E-state index contributed by atoms with van der Waals surface area (Å²) in [7, 11) is 0. The molecule has 104 valence electrons. The Morgan fingerprint density at radius 1 is 1.30 bits per heavy atom. The van der Waals surface area contributed by atoms with Gasteiger partial charge in [0.2, 0.25) is 0 Å². The van der Waals surface area contributed by atoms with Crippen molar-refractivity contribution in [3.05, 3.63) is 52.8 Å². The van der Waals surface area contributed by atoms with Gasteiger partial charge in [-0.2, -0.15) is 0 Å². The van der Waals surface area contributed by atoms with Crippen molar-refractivity contribution < 1.29 is 4.74 Å². The highest BCUT2D eigenvalue weighted by molar-refractivity contribution is 5.98. The fourth-order valence-electron chi connectivity index (χ4n) is 2.16. The Morgan fingerprint density at radius 3 is 2.70 bits per heavy atom. The Kier molecular flexibility index (Phi) is 4.03. The van der Waals surface area contributed by atoms with Crippen molar-refractivity contribution in [1.82, 2.24) is 4.98 Å². The zero-order valence-electron chi connectivity index (χ0n) is 12.0. The molecule has 0 aliphatic heterocycles. The molecular formula is C16H19N3O. The first-order valence-corrected chi connectivity index (χ1v) is 6.60. The molecule has 0 radical (unpaired) electrons. The minimum absolute atomic E-state index is 0.0309. The van der Waals surface area contributed by atoms with Crippen LogP contribution in [-0.2, 0) is 6.42 Å². The number of nitrogen functional groups attached to an aromatic ring is 1. The standard InChI is InChI=1S/C16H19N3O/c1-4-12-6-5-7-13(9-12)20-14-8-10(2)19-11(3)15(14)16(17)18/h5-9H,4H2,1-3H3,(H3,17,18). The molecule has 0 atom stereocenters. The molecule has 0 fully saturated rings. The number of amidine groups is 1.